The van der Waals surface area contributed by atoms with Crippen molar-refractivity contribution < 1.29 is 18.6 Å². The number of allylic oxidation sites excluding steroid dienone is 4. The highest BCUT2D eigenvalue weighted by molar-refractivity contribution is 7.90. The van der Waals surface area contributed by atoms with Crippen molar-refractivity contribution in [3.63, 3.8) is 0 Å². The lowest BCUT2D eigenvalue weighted by molar-refractivity contribution is 0.0789. The van der Waals surface area contributed by atoms with Crippen LogP contribution in [0, 0.1) is 23.7 Å². The van der Waals surface area contributed by atoms with Gasteiger partial charge in [-0.3, -0.25) is 0 Å². The van der Waals surface area contributed by atoms with Crippen LogP contribution in [0.4, 0.5) is 0 Å². The first-order valence-corrected chi connectivity index (χ1v) is 14.0. The van der Waals surface area contributed by atoms with Crippen molar-refractivity contribution in [3.8, 4) is 11.8 Å². The number of hydrogen-bond donors (Lipinski definition) is 2. The molecule has 1 aromatic carbocycles. The molecule has 1 unspecified atom stereocenters. The zero-order valence-corrected chi connectivity index (χ0v) is 21.0. The predicted octanol–water partition coefficient (Wildman–Crippen LogP) is 2.46. The molecule has 1 aliphatic heterocycles. The number of aliphatic hydroxyl groups is 2. The highest BCUT2D eigenvalue weighted by Crippen LogP contribution is 2.33. The van der Waals surface area contributed by atoms with Crippen molar-refractivity contribution in [1.29, 1.82) is 0 Å². The zero-order valence-electron chi connectivity index (χ0n) is 20.2. The molecular formula is C27H33N3O4S. The van der Waals surface area contributed by atoms with Gasteiger partial charge < -0.3 is 19.7 Å². The topological polar surface area (TPSA) is 95.7 Å². The zero-order chi connectivity index (χ0) is 25.0. The molecule has 3 atom stereocenters. The fourth-order valence-electron chi connectivity index (χ4n) is 4.59. The molecule has 35 heavy (non-hydrogen) atoms. The summed E-state index contributed by atoms with van der Waals surface area (Å²) in [5.74, 6) is 8.01. The van der Waals surface area contributed by atoms with Crippen LogP contribution in [-0.2, 0) is 9.84 Å². The van der Waals surface area contributed by atoms with E-state index in [1.807, 2.05) is 12.1 Å². The van der Waals surface area contributed by atoms with Gasteiger partial charge in [-0.2, -0.15) is 0 Å². The highest BCUT2D eigenvalue weighted by Gasteiger charge is 2.32. The van der Waals surface area contributed by atoms with Gasteiger partial charge in [-0.25, -0.2) is 13.4 Å². The van der Waals surface area contributed by atoms with Gasteiger partial charge in [-0.1, -0.05) is 42.2 Å². The van der Waals surface area contributed by atoms with E-state index in [-0.39, 0.29) is 12.4 Å². The second-order valence-corrected chi connectivity index (χ2v) is 11.7. The molecule has 8 heteroatoms. The van der Waals surface area contributed by atoms with E-state index in [0.29, 0.717) is 24.2 Å². The monoisotopic (exact) mass is 495 g/mol. The van der Waals surface area contributed by atoms with Crippen molar-refractivity contribution in [2.75, 3.05) is 38.2 Å². The van der Waals surface area contributed by atoms with Gasteiger partial charge in [0.25, 0.3) is 0 Å². The number of aliphatic hydroxyl groups excluding tert-OH is 2. The minimum Gasteiger partial charge on any atom is -0.393 e. The molecule has 2 heterocycles. The highest BCUT2D eigenvalue weighted by atomic mass is 32.2. The molecule has 1 aliphatic carbocycles. The van der Waals surface area contributed by atoms with Crippen molar-refractivity contribution in [1.82, 2.24) is 14.5 Å². The molecule has 7 nitrogen and oxygen atoms in total. The predicted molar refractivity (Wildman–Crippen MR) is 137 cm³/mol. The van der Waals surface area contributed by atoms with Crippen molar-refractivity contribution in [2.45, 2.75) is 25.5 Å². The van der Waals surface area contributed by atoms with Crippen LogP contribution in [0.5, 0.6) is 0 Å². The first-order valence-electron chi connectivity index (χ1n) is 12.0. The lowest BCUT2D eigenvalue weighted by atomic mass is 9.80. The molecule has 0 spiro atoms. The SMILES string of the molecule is C[C@H](O)c1nccn1[C@@H](C#Cc1ccc(C2=CCC(C3CN(CCS(C)(=O)=O)C3)C=C2)cc1)CO. The maximum absolute atomic E-state index is 11.3. The summed E-state index contributed by atoms with van der Waals surface area (Å²) >= 11 is 0. The molecule has 0 saturated carbocycles. The summed E-state index contributed by atoms with van der Waals surface area (Å²) < 4.78 is 24.4. The Hall–Kier alpha value is -2.70. The molecular weight excluding hydrogens is 462 g/mol. The van der Waals surface area contributed by atoms with E-state index in [9.17, 15) is 18.6 Å². The van der Waals surface area contributed by atoms with E-state index < -0.39 is 22.0 Å². The minimum atomic E-state index is -2.90. The summed E-state index contributed by atoms with van der Waals surface area (Å²) in [6, 6.07) is 7.60. The summed E-state index contributed by atoms with van der Waals surface area (Å²) in [5.41, 5.74) is 3.19. The van der Waals surface area contributed by atoms with E-state index >= 15 is 0 Å². The Kier molecular flexibility index (Phi) is 7.92. The van der Waals surface area contributed by atoms with Crippen LogP contribution < -0.4 is 0 Å². The quantitative estimate of drug-likeness (QED) is 0.547. The third-order valence-corrected chi connectivity index (χ3v) is 7.61. The molecule has 186 valence electrons. The average molecular weight is 496 g/mol. The summed E-state index contributed by atoms with van der Waals surface area (Å²) in [5, 5.41) is 19.6. The molecule has 2 N–H and O–H groups in total. The van der Waals surface area contributed by atoms with Gasteiger partial charge in [0.05, 0.1) is 12.4 Å². The van der Waals surface area contributed by atoms with Gasteiger partial charge in [-0.05, 0) is 48.4 Å². The fraction of sp³-hybridized carbons (Fsp3) is 0.444. The Morgan fingerprint density at radius 2 is 1.97 bits per heavy atom. The molecule has 1 saturated heterocycles. The number of hydrogen-bond acceptors (Lipinski definition) is 6. The molecule has 1 fully saturated rings. The first-order chi connectivity index (χ1) is 16.7. The van der Waals surface area contributed by atoms with Gasteiger partial charge in [-0.15, -0.1) is 0 Å². The van der Waals surface area contributed by atoms with Crippen molar-refractivity contribution in [2.24, 2.45) is 11.8 Å². The van der Waals surface area contributed by atoms with Gasteiger partial charge in [0.15, 0.2) is 0 Å². The van der Waals surface area contributed by atoms with Crippen molar-refractivity contribution in [3.05, 3.63) is 71.8 Å². The van der Waals surface area contributed by atoms with Crippen LogP contribution >= 0.6 is 0 Å². The third kappa shape index (κ3) is 6.50. The average Bonchev–Trinajstić information content (AvgIpc) is 3.29. The van der Waals surface area contributed by atoms with Gasteiger partial charge in [0.1, 0.15) is 27.8 Å². The lowest BCUT2D eigenvalue weighted by Crippen LogP contribution is -2.51. The van der Waals surface area contributed by atoms with E-state index in [0.717, 1.165) is 30.6 Å². The first kappa shape index (κ1) is 25.4. The maximum Gasteiger partial charge on any atom is 0.148 e. The summed E-state index contributed by atoms with van der Waals surface area (Å²) in [6.07, 6.45) is 11.6. The smallest absolute Gasteiger partial charge is 0.148 e. The molecule has 0 radical (unpaired) electrons. The van der Waals surface area contributed by atoms with Gasteiger partial charge >= 0.3 is 0 Å². The number of benzene rings is 1. The largest absolute Gasteiger partial charge is 0.393 e. The number of rotatable bonds is 8. The third-order valence-electron chi connectivity index (χ3n) is 6.68. The van der Waals surface area contributed by atoms with E-state index in [2.05, 4.69) is 52.1 Å². The van der Waals surface area contributed by atoms with E-state index in [4.69, 9.17) is 0 Å². The molecule has 1 aromatic heterocycles. The Balaban J connectivity index is 1.32. The summed E-state index contributed by atoms with van der Waals surface area (Å²) in [6.45, 7) is 4.03. The summed E-state index contributed by atoms with van der Waals surface area (Å²) in [4.78, 5) is 6.37. The molecule has 0 bridgehead atoms. The maximum atomic E-state index is 11.3. The van der Waals surface area contributed by atoms with Crippen LogP contribution in [0.1, 0.15) is 42.4 Å². The second-order valence-electron chi connectivity index (χ2n) is 9.48. The summed E-state index contributed by atoms with van der Waals surface area (Å²) in [7, 11) is -2.90. The van der Waals surface area contributed by atoms with Gasteiger partial charge in [0.2, 0.25) is 0 Å². The second kappa shape index (κ2) is 10.9. The lowest BCUT2D eigenvalue weighted by Gasteiger charge is -2.43. The van der Waals surface area contributed by atoms with Crippen LogP contribution in [-0.4, -0.2) is 71.3 Å². The van der Waals surface area contributed by atoms with Gasteiger partial charge in [0, 0.05) is 43.8 Å². The van der Waals surface area contributed by atoms with E-state index in [1.165, 1.54) is 11.8 Å². The number of aromatic nitrogens is 2. The molecule has 4 rings (SSSR count). The number of sulfone groups is 1. The number of likely N-dealkylation sites (tertiary alicyclic amines) is 1. The van der Waals surface area contributed by atoms with E-state index in [1.54, 1.807) is 23.9 Å². The minimum absolute atomic E-state index is 0.170. The molecule has 2 aliphatic rings. The number of imidazole rings is 1. The molecule has 2 aromatic rings. The van der Waals surface area contributed by atoms with Crippen LogP contribution in [0.25, 0.3) is 5.57 Å². The van der Waals surface area contributed by atoms with Crippen LogP contribution in [0.15, 0.2) is 54.9 Å². The van der Waals surface area contributed by atoms with Crippen LogP contribution in [0.3, 0.4) is 0 Å². The molecule has 0 amide bonds. The Morgan fingerprint density at radius 1 is 1.23 bits per heavy atom. The normalized spacial score (nSPS) is 20.5. The van der Waals surface area contributed by atoms with Crippen LogP contribution in [0.2, 0.25) is 0 Å². The Labute approximate surface area is 207 Å². The van der Waals surface area contributed by atoms with Crippen molar-refractivity contribution >= 4 is 15.4 Å². The standard InChI is InChI=1S/C27H33N3O4S/c1-20(32)27-28-13-14-30(27)26(19-31)12-5-21-3-6-22(7-4-21)23-8-10-24(11-9-23)25-17-29(18-25)15-16-35(2,33)34/h3-4,6-10,13-14,20,24-26,31-32H,11,15-19H2,1-2H3/t20-,24?,26-/m0/s1. The Morgan fingerprint density at radius 3 is 2.57 bits per heavy atom. The fourth-order valence-corrected chi connectivity index (χ4v) is 5.18. The number of nitrogens with zero attached hydrogens (tertiary/aromatic N) is 3. The Bertz CT molecular complexity index is 1240.